The van der Waals surface area contributed by atoms with Gasteiger partial charge in [0, 0.05) is 0 Å². The van der Waals surface area contributed by atoms with Crippen LogP contribution in [-0.2, 0) is 0 Å². The van der Waals surface area contributed by atoms with Gasteiger partial charge in [-0.05, 0) is 24.1 Å². The Hall–Kier alpha value is -1.27. The molecule has 0 aliphatic rings. The number of aliphatic hydroxyl groups is 1. The van der Waals surface area contributed by atoms with Gasteiger partial charge < -0.3 is 15.6 Å². The van der Waals surface area contributed by atoms with Gasteiger partial charge in [-0.2, -0.15) is 0 Å². The van der Waals surface area contributed by atoms with E-state index in [0.29, 0.717) is 12.0 Å². The van der Waals surface area contributed by atoms with Crippen LogP contribution in [0.1, 0.15) is 31.4 Å². The van der Waals surface area contributed by atoms with Crippen LogP contribution in [0.2, 0.25) is 0 Å². The van der Waals surface area contributed by atoms with Crippen LogP contribution in [0.5, 0.6) is 5.75 Å². The van der Waals surface area contributed by atoms with Crippen molar-refractivity contribution < 1.29 is 23.0 Å². The zero-order valence-corrected chi connectivity index (χ0v) is 9.95. The molecule has 0 heterocycles. The molecule has 1 aromatic rings. The standard InChI is InChI=1S/C12H16F3NO2/c1-2-3-10(17)11(16)8-4-6-9(7-5-8)18-12(13,14)15/h4-7,10-11,17H,2-3,16H2,1H3/t10-,11+/m0/s1. The lowest BCUT2D eigenvalue weighted by Crippen LogP contribution is -2.26. The first kappa shape index (κ1) is 14.8. The van der Waals surface area contributed by atoms with Crippen LogP contribution >= 0.6 is 0 Å². The number of ether oxygens (including phenoxy) is 1. The van der Waals surface area contributed by atoms with Crippen LogP contribution < -0.4 is 10.5 Å². The van der Waals surface area contributed by atoms with Gasteiger partial charge >= 0.3 is 6.36 Å². The van der Waals surface area contributed by atoms with Crippen LogP contribution in [0.4, 0.5) is 13.2 Å². The maximum atomic E-state index is 11.9. The second kappa shape index (κ2) is 6.06. The number of hydrogen-bond donors (Lipinski definition) is 2. The van der Waals surface area contributed by atoms with Crippen LogP contribution in [-0.4, -0.2) is 17.6 Å². The Morgan fingerprint density at radius 3 is 2.28 bits per heavy atom. The lowest BCUT2D eigenvalue weighted by Gasteiger charge is -2.19. The van der Waals surface area contributed by atoms with E-state index >= 15 is 0 Å². The SMILES string of the molecule is CCC[C@H](O)[C@H](N)c1ccc(OC(F)(F)F)cc1. The predicted octanol–water partition coefficient (Wildman–Crippen LogP) is 2.75. The molecule has 0 unspecified atom stereocenters. The third kappa shape index (κ3) is 4.54. The maximum Gasteiger partial charge on any atom is 0.573 e. The highest BCUT2D eigenvalue weighted by Crippen LogP contribution is 2.25. The molecule has 3 nitrogen and oxygen atoms in total. The molecule has 1 aromatic carbocycles. The molecule has 0 radical (unpaired) electrons. The largest absolute Gasteiger partial charge is 0.573 e. The summed E-state index contributed by atoms with van der Waals surface area (Å²) in [5.74, 6) is -0.302. The fourth-order valence-electron chi connectivity index (χ4n) is 1.59. The van der Waals surface area contributed by atoms with E-state index < -0.39 is 18.5 Å². The van der Waals surface area contributed by atoms with Crippen LogP contribution in [0.3, 0.4) is 0 Å². The normalized spacial score (nSPS) is 15.2. The highest BCUT2D eigenvalue weighted by molar-refractivity contribution is 5.29. The molecule has 0 aliphatic carbocycles. The summed E-state index contributed by atoms with van der Waals surface area (Å²) in [7, 11) is 0. The summed E-state index contributed by atoms with van der Waals surface area (Å²) < 4.78 is 39.6. The average molecular weight is 263 g/mol. The molecule has 102 valence electrons. The Balaban J connectivity index is 2.70. The summed E-state index contributed by atoms with van der Waals surface area (Å²) in [5.41, 5.74) is 6.36. The average Bonchev–Trinajstić information content (AvgIpc) is 2.27. The van der Waals surface area contributed by atoms with Crippen molar-refractivity contribution in [1.29, 1.82) is 0 Å². The molecular weight excluding hydrogens is 247 g/mol. The number of alkyl halides is 3. The second-order valence-corrected chi connectivity index (χ2v) is 4.00. The Kier molecular flexibility index (Phi) is 4.98. The van der Waals surface area contributed by atoms with Gasteiger partial charge in [0.1, 0.15) is 5.75 Å². The maximum absolute atomic E-state index is 11.9. The molecule has 0 spiro atoms. The lowest BCUT2D eigenvalue weighted by atomic mass is 9.99. The zero-order chi connectivity index (χ0) is 13.8. The minimum absolute atomic E-state index is 0.302. The fourth-order valence-corrected chi connectivity index (χ4v) is 1.59. The van der Waals surface area contributed by atoms with E-state index in [0.717, 1.165) is 6.42 Å². The molecule has 1 rings (SSSR count). The Morgan fingerprint density at radius 1 is 1.28 bits per heavy atom. The van der Waals surface area contributed by atoms with Gasteiger partial charge in [-0.3, -0.25) is 0 Å². The van der Waals surface area contributed by atoms with Crippen molar-refractivity contribution in [1.82, 2.24) is 0 Å². The van der Waals surface area contributed by atoms with Crippen molar-refractivity contribution in [2.24, 2.45) is 5.73 Å². The van der Waals surface area contributed by atoms with E-state index in [1.807, 2.05) is 6.92 Å². The second-order valence-electron chi connectivity index (χ2n) is 4.00. The molecule has 0 fully saturated rings. The summed E-state index contributed by atoms with van der Waals surface area (Å²) >= 11 is 0. The van der Waals surface area contributed by atoms with Gasteiger partial charge in [-0.15, -0.1) is 13.2 Å². The Bertz CT molecular complexity index is 365. The van der Waals surface area contributed by atoms with E-state index in [2.05, 4.69) is 4.74 Å². The third-order valence-electron chi connectivity index (χ3n) is 2.50. The molecule has 0 saturated carbocycles. The van der Waals surface area contributed by atoms with Crippen molar-refractivity contribution in [3.63, 3.8) is 0 Å². The monoisotopic (exact) mass is 263 g/mol. The molecule has 0 aliphatic heterocycles. The highest BCUT2D eigenvalue weighted by atomic mass is 19.4. The van der Waals surface area contributed by atoms with Gasteiger partial charge in [-0.1, -0.05) is 25.5 Å². The molecule has 2 atom stereocenters. The molecule has 6 heteroatoms. The van der Waals surface area contributed by atoms with Gasteiger partial charge in [-0.25, -0.2) is 0 Å². The van der Waals surface area contributed by atoms with Gasteiger partial charge in [0.05, 0.1) is 12.1 Å². The van der Waals surface area contributed by atoms with E-state index in [9.17, 15) is 18.3 Å². The molecule has 0 bridgehead atoms. The zero-order valence-electron chi connectivity index (χ0n) is 9.95. The summed E-state index contributed by atoms with van der Waals surface area (Å²) in [6, 6.07) is 4.60. The Morgan fingerprint density at radius 2 is 1.83 bits per heavy atom. The van der Waals surface area contributed by atoms with Crippen LogP contribution in [0.25, 0.3) is 0 Å². The van der Waals surface area contributed by atoms with Gasteiger partial charge in [0.25, 0.3) is 0 Å². The summed E-state index contributed by atoms with van der Waals surface area (Å²) in [6.07, 6.45) is -4.08. The molecule has 18 heavy (non-hydrogen) atoms. The number of benzene rings is 1. The Labute approximate surface area is 103 Å². The van der Waals surface area contributed by atoms with Crippen molar-refractivity contribution >= 4 is 0 Å². The molecule has 0 saturated heterocycles. The fraction of sp³-hybridized carbons (Fsp3) is 0.500. The predicted molar refractivity (Wildman–Crippen MR) is 61.0 cm³/mol. The smallest absolute Gasteiger partial charge is 0.406 e. The van der Waals surface area contributed by atoms with Crippen molar-refractivity contribution in [3.05, 3.63) is 29.8 Å². The summed E-state index contributed by atoms with van der Waals surface area (Å²) in [4.78, 5) is 0. The third-order valence-corrected chi connectivity index (χ3v) is 2.50. The highest BCUT2D eigenvalue weighted by Gasteiger charge is 2.31. The van der Waals surface area contributed by atoms with E-state index in [1.54, 1.807) is 0 Å². The van der Waals surface area contributed by atoms with Crippen LogP contribution in [0.15, 0.2) is 24.3 Å². The number of rotatable bonds is 5. The topological polar surface area (TPSA) is 55.5 Å². The first-order chi connectivity index (χ1) is 8.33. The molecule has 0 aromatic heterocycles. The van der Waals surface area contributed by atoms with Gasteiger partial charge in [0.15, 0.2) is 0 Å². The van der Waals surface area contributed by atoms with E-state index in [-0.39, 0.29) is 5.75 Å². The lowest BCUT2D eigenvalue weighted by molar-refractivity contribution is -0.274. The van der Waals surface area contributed by atoms with Crippen molar-refractivity contribution in [3.8, 4) is 5.75 Å². The molecule has 0 amide bonds. The number of nitrogens with two attached hydrogens (primary N) is 1. The quantitative estimate of drug-likeness (QED) is 0.858. The van der Waals surface area contributed by atoms with Crippen LogP contribution in [0, 0.1) is 0 Å². The molecular formula is C12H16F3NO2. The minimum atomic E-state index is -4.70. The van der Waals surface area contributed by atoms with E-state index in [1.165, 1.54) is 24.3 Å². The van der Waals surface area contributed by atoms with Gasteiger partial charge in [0.2, 0.25) is 0 Å². The first-order valence-corrected chi connectivity index (χ1v) is 5.63. The van der Waals surface area contributed by atoms with Crippen molar-refractivity contribution in [2.75, 3.05) is 0 Å². The first-order valence-electron chi connectivity index (χ1n) is 5.63. The minimum Gasteiger partial charge on any atom is -0.406 e. The van der Waals surface area contributed by atoms with E-state index in [4.69, 9.17) is 5.73 Å². The number of halogens is 3. The molecule has 3 N–H and O–H groups in total. The van der Waals surface area contributed by atoms with Crippen molar-refractivity contribution in [2.45, 2.75) is 38.3 Å². The number of aliphatic hydroxyl groups excluding tert-OH is 1. The summed E-state index contributed by atoms with van der Waals surface area (Å²) in [6.45, 7) is 1.91. The number of hydrogen-bond acceptors (Lipinski definition) is 3. The summed E-state index contributed by atoms with van der Waals surface area (Å²) in [5, 5.41) is 9.69.